The summed E-state index contributed by atoms with van der Waals surface area (Å²) < 4.78 is 0. The first-order valence-electron chi connectivity index (χ1n) is 16.4. The van der Waals surface area contributed by atoms with Crippen molar-refractivity contribution in [3.8, 4) is 0 Å². The molecule has 0 unspecified atom stereocenters. The van der Waals surface area contributed by atoms with E-state index in [0.717, 1.165) is 0 Å². The van der Waals surface area contributed by atoms with Gasteiger partial charge in [0.2, 0.25) is 0 Å². The Balaban J connectivity index is 0.959. The predicted molar refractivity (Wildman–Crippen MR) is 210 cm³/mol. The van der Waals surface area contributed by atoms with Gasteiger partial charge in [-0.1, -0.05) is 169 Å². The van der Waals surface area contributed by atoms with Crippen LogP contribution >= 0.6 is 0 Å². The second kappa shape index (κ2) is 12.0. The van der Waals surface area contributed by atoms with Crippen molar-refractivity contribution in [2.75, 3.05) is 0 Å². The molecule has 0 amide bonds. The van der Waals surface area contributed by atoms with Crippen molar-refractivity contribution in [2.45, 2.75) is 13.1 Å². The average Bonchev–Trinajstić information content (AvgIpc) is 3.11. The molecule has 0 saturated carbocycles. The lowest BCUT2D eigenvalue weighted by Gasteiger charge is -2.24. The Hall–Kier alpha value is -5.50. The monoisotopic (exact) mass is 616 g/mol. The summed E-state index contributed by atoms with van der Waals surface area (Å²) in [6, 6.07) is 58.1. The van der Waals surface area contributed by atoms with Gasteiger partial charge in [0.1, 0.15) is 8.07 Å². The molecular weight excluding hydrogens is 581 g/mol. The Morgan fingerprint density at radius 1 is 0.298 bits per heavy atom. The van der Waals surface area contributed by atoms with E-state index in [4.69, 9.17) is 0 Å². The molecule has 47 heavy (non-hydrogen) atoms. The molecule has 1 heteroatoms. The molecular formula is C46H36Si. The summed E-state index contributed by atoms with van der Waals surface area (Å²) in [5.74, 6) is 0. The summed E-state index contributed by atoms with van der Waals surface area (Å²) in [4.78, 5) is 0. The van der Waals surface area contributed by atoms with Crippen LogP contribution in [0.1, 0.15) is 22.3 Å². The van der Waals surface area contributed by atoms with E-state index in [1.54, 1.807) is 0 Å². The maximum absolute atomic E-state index is 2.44. The van der Waals surface area contributed by atoms with Crippen LogP contribution in [-0.2, 0) is 0 Å². The molecule has 0 heterocycles. The molecule has 0 nitrogen and oxygen atoms in total. The van der Waals surface area contributed by atoms with Gasteiger partial charge < -0.3 is 0 Å². The highest BCUT2D eigenvalue weighted by Crippen LogP contribution is 2.26. The fourth-order valence-corrected chi connectivity index (χ4v) is 9.03. The van der Waals surface area contributed by atoms with Crippen LogP contribution in [0.2, 0.25) is 13.1 Å². The molecule has 0 saturated heterocycles. The van der Waals surface area contributed by atoms with E-state index in [1.807, 2.05) is 0 Å². The van der Waals surface area contributed by atoms with Gasteiger partial charge in [0.25, 0.3) is 0 Å². The van der Waals surface area contributed by atoms with E-state index in [-0.39, 0.29) is 0 Å². The van der Waals surface area contributed by atoms with Crippen molar-refractivity contribution in [1.82, 2.24) is 0 Å². The third-order valence-electron chi connectivity index (χ3n) is 9.66. The molecule has 0 aliphatic rings. The minimum Gasteiger partial charge on any atom is -0.0620 e. The van der Waals surface area contributed by atoms with Crippen LogP contribution in [0.25, 0.3) is 67.4 Å². The molecule has 0 radical (unpaired) electrons. The van der Waals surface area contributed by atoms with Gasteiger partial charge in [-0.15, -0.1) is 0 Å². The zero-order chi connectivity index (χ0) is 31.8. The summed E-state index contributed by atoms with van der Waals surface area (Å²) in [6.07, 6.45) is 8.88. The van der Waals surface area contributed by atoms with Gasteiger partial charge in [0.15, 0.2) is 0 Å². The van der Waals surface area contributed by atoms with Gasteiger partial charge in [0, 0.05) is 0 Å². The number of hydrogen-bond donors (Lipinski definition) is 0. The van der Waals surface area contributed by atoms with Crippen molar-refractivity contribution in [1.29, 1.82) is 0 Å². The molecule has 0 spiro atoms. The smallest absolute Gasteiger partial charge is 0.0620 e. The molecule has 0 N–H and O–H groups in total. The summed E-state index contributed by atoms with van der Waals surface area (Å²) in [5, 5.41) is 13.1. The van der Waals surface area contributed by atoms with Crippen LogP contribution in [0.15, 0.2) is 158 Å². The summed E-state index contributed by atoms with van der Waals surface area (Å²) in [6.45, 7) is 4.89. The Morgan fingerprint density at radius 3 is 0.979 bits per heavy atom. The summed E-state index contributed by atoms with van der Waals surface area (Å²) >= 11 is 0. The molecule has 8 aromatic rings. The van der Waals surface area contributed by atoms with Crippen molar-refractivity contribution in [3.05, 3.63) is 180 Å². The Bertz CT molecular complexity index is 2290. The maximum atomic E-state index is 2.44. The number of benzene rings is 8. The van der Waals surface area contributed by atoms with Crippen LogP contribution in [-0.4, -0.2) is 8.07 Å². The predicted octanol–water partition coefficient (Wildman–Crippen LogP) is 11.5. The summed E-state index contributed by atoms with van der Waals surface area (Å²) in [7, 11) is -1.83. The van der Waals surface area contributed by atoms with E-state index in [2.05, 4.69) is 195 Å². The van der Waals surface area contributed by atoms with Gasteiger partial charge in [-0.25, -0.2) is 0 Å². The maximum Gasteiger partial charge on any atom is 0.112 e. The highest BCUT2D eigenvalue weighted by molar-refractivity contribution is 7.00. The van der Waals surface area contributed by atoms with Crippen LogP contribution in [0.3, 0.4) is 0 Å². The average molecular weight is 617 g/mol. The van der Waals surface area contributed by atoms with Gasteiger partial charge in [-0.3, -0.25) is 0 Å². The molecule has 0 fully saturated rings. The topological polar surface area (TPSA) is 0 Å². The van der Waals surface area contributed by atoms with Crippen LogP contribution in [0.4, 0.5) is 0 Å². The molecule has 224 valence electrons. The zero-order valence-electron chi connectivity index (χ0n) is 26.8. The first-order valence-corrected chi connectivity index (χ1v) is 19.4. The van der Waals surface area contributed by atoms with Gasteiger partial charge in [-0.2, -0.15) is 0 Å². The SMILES string of the molecule is C[Si](C)(c1ccc(/C=C/c2ccc3cc4ccccc4cc3c2)cc1)c1ccc(/C=C/c2ccc3cc4ccccc4cc3c2)cc1. The van der Waals surface area contributed by atoms with Crippen molar-refractivity contribution >= 4 is 85.8 Å². The van der Waals surface area contributed by atoms with Crippen LogP contribution in [0.5, 0.6) is 0 Å². The summed E-state index contributed by atoms with van der Waals surface area (Å²) in [5.41, 5.74) is 4.88. The molecule has 0 bridgehead atoms. The van der Waals surface area contributed by atoms with E-state index in [1.165, 1.54) is 75.7 Å². The van der Waals surface area contributed by atoms with E-state index in [9.17, 15) is 0 Å². The van der Waals surface area contributed by atoms with Crippen molar-refractivity contribution in [2.24, 2.45) is 0 Å². The van der Waals surface area contributed by atoms with Crippen LogP contribution < -0.4 is 10.4 Å². The second-order valence-electron chi connectivity index (χ2n) is 13.1. The normalized spacial score (nSPS) is 12.3. The molecule has 0 atom stereocenters. The standard InChI is InChI=1S/C46H36Si/c1-47(2,45-23-17-33(18-24-45)11-13-35-15-21-41-29-37-7-3-5-9-39(37)31-43(41)27-35)46-25-19-34(20-26-46)12-14-36-16-22-42-30-38-8-4-6-10-40(38)32-44(42)28-36/h3-32H,1-2H3/b13-11+,14-12+. The molecule has 8 rings (SSSR count). The Morgan fingerprint density at radius 2 is 0.596 bits per heavy atom. The van der Waals surface area contributed by atoms with E-state index >= 15 is 0 Å². The number of rotatable bonds is 6. The third-order valence-corrected chi connectivity index (χ3v) is 13.2. The number of fused-ring (bicyclic) bond motifs is 4. The van der Waals surface area contributed by atoms with E-state index < -0.39 is 8.07 Å². The highest BCUT2D eigenvalue weighted by atomic mass is 28.3. The lowest BCUT2D eigenvalue weighted by Crippen LogP contribution is -2.52. The zero-order valence-corrected chi connectivity index (χ0v) is 27.8. The minimum atomic E-state index is -1.83. The lowest BCUT2D eigenvalue weighted by molar-refractivity contribution is 1.63. The fraction of sp³-hybridized carbons (Fsp3) is 0.0435. The van der Waals surface area contributed by atoms with Gasteiger partial charge in [0.05, 0.1) is 0 Å². The molecule has 0 aromatic heterocycles. The van der Waals surface area contributed by atoms with E-state index in [0.29, 0.717) is 0 Å². The molecule has 0 aliphatic carbocycles. The number of hydrogen-bond acceptors (Lipinski definition) is 0. The molecule has 8 aromatic carbocycles. The van der Waals surface area contributed by atoms with Crippen molar-refractivity contribution < 1.29 is 0 Å². The quantitative estimate of drug-likeness (QED) is 0.0990. The first kappa shape index (κ1) is 28.9. The Kier molecular flexibility index (Phi) is 7.40. The minimum absolute atomic E-state index is 1.22. The van der Waals surface area contributed by atoms with Gasteiger partial charge >= 0.3 is 0 Å². The largest absolute Gasteiger partial charge is 0.112 e. The highest BCUT2D eigenvalue weighted by Gasteiger charge is 2.25. The van der Waals surface area contributed by atoms with Crippen molar-refractivity contribution in [3.63, 3.8) is 0 Å². The lowest BCUT2D eigenvalue weighted by atomic mass is 10.0. The van der Waals surface area contributed by atoms with Gasteiger partial charge in [-0.05, 0) is 102 Å². The third kappa shape index (κ3) is 5.94. The fourth-order valence-electron chi connectivity index (χ4n) is 6.70. The molecule has 0 aliphatic heterocycles. The first-order chi connectivity index (χ1) is 23.0. The Labute approximate surface area is 278 Å². The van der Waals surface area contributed by atoms with Crippen LogP contribution in [0, 0.1) is 0 Å². The second-order valence-corrected chi connectivity index (χ2v) is 17.6.